The van der Waals surface area contributed by atoms with E-state index in [0.717, 1.165) is 19.0 Å². The minimum absolute atomic E-state index is 0.0673. The lowest BCUT2D eigenvalue weighted by molar-refractivity contribution is 0.0694. The Hall–Kier alpha value is -1.89. The molecule has 0 aromatic carbocycles. The van der Waals surface area contributed by atoms with Crippen molar-refractivity contribution in [3.05, 3.63) is 29.8 Å². The van der Waals surface area contributed by atoms with Gasteiger partial charge in [0.2, 0.25) is 0 Å². The quantitative estimate of drug-likeness (QED) is 0.690. The van der Waals surface area contributed by atoms with Crippen LogP contribution in [-0.4, -0.2) is 28.9 Å². The first-order valence-corrected chi connectivity index (χ1v) is 5.57. The van der Waals surface area contributed by atoms with Crippen LogP contribution in [0.15, 0.2) is 18.5 Å². The van der Waals surface area contributed by atoms with Crippen LogP contribution < -0.4 is 0 Å². The van der Waals surface area contributed by atoms with Crippen molar-refractivity contribution in [2.45, 2.75) is 12.8 Å². The fourth-order valence-electron chi connectivity index (χ4n) is 2.02. The van der Waals surface area contributed by atoms with E-state index < -0.39 is 5.82 Å². The lowest BCUT2D eigenvalue weighted by atomic mass is 9.98. The average Bonchev–Trinajstić information content (AvgIpc) is 2.38. The molecule has 1 atom stereocenters. The SMILES string of the molecule is C#CC1CCCN(C(=O)c2ccncc2F)C1. The van der Waals surface area contributed by atoms with Gasteiger partial charge in [0.05, 0.1) is 11.8 Å². The molecule has 0 radical (unpaired) electrons. The number of likely N-dealkylation sites (tertiary alicyclic amines) is 1. The molecule has 0 aliphatic carbocycles. The largest absolute Gasteiger partial charge is 0.337 e. The van der Waals surface area contributed by atoms with Crippen LogP contribution in [0.1, 0.15) is 23.2 Å². The Morgan fingerprint density at radius 3 is 3.18 bits per heavy atom. The van der Waals surface area contributed by atoms with Gasteiger partial charge in [-0.25, -0.2) is 4.39 Å². The molecule has 1 aromatic heterocycles. The molecule has 1 fully saturated rings. The summed E-state index contributed by atoms with van der Waals surface area (Å²) < 4.78 is 13.4. The van der Waals surface area contributed by atoms with E-state index in [1.54, 1.807) is 4.90 Å². The van der Waals surface area contributed by atoms with Gasteiger partial charge in [-0.15, -0.1) is 12.3 Å². The zero-order valence-electron chi connectivity index (χ0n) is 9.40. The van der Waals surface area contributed by atoms with E-state index in [2.05, 4.69) is 10.9 Å². The third-order valence-corrected chi connectivity index (χ3v) is 2.95. The summed E-state index contributed by atoms with van der Waals surface area (Å²) in [6.45, 7) is 1.15. The molecule has 1 amide bonds. The third kappa shape index (κ3) is 2.44. The molecule has 0 saturated carbocycles. The monoisotopic (exact) mass is 232 g/mol. The Labute approximate surface area is 99.7 Å². The number of hydrogen-bond donors (Lipinski definition) is 0. The lowest BCUT2D eigenvalue weighted by Crippen LogP contribution is -2.39. The Balaban J connectivity index is 2.16. The number of amides is 1. The number of carbonyl (C=O) groups is 1. The highest BCUT2D eigenvalue weighted by Gasteiger charge is 2.24. The van der Waals surface area contributed by atoms with Crippen LogP contribution in [-0.2, 0) is 0 Å². The first-order chi connectivity index (χ1) is 8.22. The van der Waals surface area contributed by atoms with Crippen molar-refractivity contribution in [3.8, 4) is 12.3 Å². The fourth-order valence-corrected chi connectivity index (χ4v) is 2.02. The van der Waals surface area contributed by atoms with Crippen molar-refractivity contribution < 1.29 is 9.18 Å². The van der Waals surface area contributed by atoms with Gasteiger partial charge in [0.25, 0.3) is 5.91 Å². The highest BCUT2D eigenvalue weighted by Crippen LogP contribution is 2.18. The van der Waals surface area contributed by atoms with E-state index in [1.165, 1.54) is 12.3 Å². The van der Waals surface area contributed by atoms with Crippen LogP contribution in [0.2, 0.25) is 0 Å². The molecule has 1 aromatic rings. The summed E-state index contributed by atoms with van der Waals surface area (Å²) in [4.78, 5) is 17.3. The standard InChI is InChI=1S/C13H13FN2O/c1-2-10-4-3-7-16(9-10)13(17)11-5-6-15-8-12(11)14/h1,5-6,8,10H,3-4,7,9H2. The second-order valence-electron chi connectivity index (χ2n) is 4.11. The van der Waals surface area contributed by atoms with Crippen molar-refractivity contribution in [3.63, 3.8) is 0 Å². The number of halogens is 1. The van der Waals surface area contributed by atoms with Crippen molar-refractivity contribution in [1.29, 1.82) is 0 Å². The van der Waals surface area contributed by atoms with Crippen LogP contribution in [0.25, 0.3) is 0 Å². The van der Waals surface area contributed by atoms with Crippen molar-refractivity contribution in [2.75, 3.05) is 13.1 Å². The van der Waals surface area contributed by atoms with Crippen molar-refractivity contribution in [1.82, 2.24) is 9.88 Å². The Kier molecular flexibility index (Phi) is 3.38. The Morgan fingerprint density at radius 2 is 2.47 bits per heavy atom. The summed E-state index contributed by atoms with van der Waals surface area (Å²) in [6.07, 6.45) is 9.63. The Bertz CT molecular complexity index is 467. The molecular weight excluding hydrogens is 219 g/mol. The number of carbonyl (C=O) groups excluding carboxylic acids is 1. The van der Waals surface area contributed by atoms with Gasteiger partial charge in [0, 0.05) is 25.2 Å². The Morgan fingerprint density at radius 1 is 1.65 bits per heavy atom. The van der Waals surface area contributed by atoms with Gasteiger partial charge in [-0.3, -0.25) is 9.78 Å². The number of pyridine rings is 1. The maximum absolute atomic E-state index is 13.4. The molecule has 4 heteroatoms. The van der Waals surface area contributed by atoms with Crippen LogP contribution in [0, 0.1) is 24.1 Å². The summed E-state index contributed by atoms with van der Waals surface area (Å²) >= 11 is 0. The maximum Gasteiger partial charge on any atom is 0.256 e. The van der Waals surface area contributed by atoms with Gasteiger partial charge >= 0.3 is 0 Å². The zero-order valence-corrected chi connectivity index (χ0v) is 9.40. The molecule has 1 saturated heterocycles. The molecule has 3 nitrogen and oxygen atoms in total. The zero-order chi connectivity index (χ0) is 12.3. The number of nitrogens with zero attached hydrogens (tertiary/aromatic N) is 2. The van der Waals surface area contributed by atoms with Crippen molar-refractivity contribution in [2.24, 2.45) is 5.92 Å². The molecule has 0 N–H and O–H groups in total. The maximum atomic E-state index is 13.4. The first-order valence-electron chi connectivity index (χ1n) is 5.57. The van der Waals surface area contributed by atoms with E-state index in [-0.39, 0.29) is 17.4 Å². The second kappa shape index (κ2) is 4.96. The van der Waals surface area contributed by atoms with Gasteiger partial charge in [0.1, 0.15) is 0 Å². The highest BCUT2D eigenvalue weighted by atomic mass is 19.1. The van der Waals surface area contributed by atoms with Crippen LogP contribution in [0.3, 0.4) is 0 Å². The average molecular weight is 232 g/mol. The van der Waals surface area contributed by atoms with E-state index in [9.17, 15) is 9.18 Å². The molecular formula is C13H13FN2O. The molecule has 1 aliphatic rings. The molecule has 17 heavy (non-hydrogen) atoms. The van der Waals surface area contributed by atoms with E-state index in [1.807, 2.05) is 0 Å². The molecule has 1 aliphatic heterocycles. The number of rotatable bonds is 1. The van der Waals surface area contributed by atoms with Gasteiger partial charge in [0.15, 0.2) is 5.82 Å². The molecule has 0 spiro atoms. The number of piperidine rings is 1. The smallest absolute Gasteiger partial charge is 0.256 e. The normalized spacial score (nSPS) is 19.8. The van der Waals surface area contributed by atoms with Gasteiger partial charge < -0.3 is 4.90 Å². The van der Waals surface area contributed by atoms with Gasteiger partial charge in [-0.05, 0) is 18.9 Å². The molecule has 2 rings (SSSR count). The van der Waals surface area contributed by atoms with E-state index in [0.29, 0.717) is 13.1 Å². The minimum atomic E-state index is -0.583. The van der Waals surface area contributed by atoms with Crippen molar-refractivity contribution >= 4 is 5.91 Å². The number of aromatic nitrogens is 1. The summed E-state index contributed by atoms with van der Waals surface area (Å²) in [6, 6.07) is 1.40. The van der Waals surface area contributed by atoms with Crippen LogP contribution >= 0.6 is 0 Å². The summed E-state index contributed by atoms with van der Waals surface area (Å²) in [5.74, 6) is 1.85. The fraction of sp³-hybridized carbons (Fsp3) is 0.385. The molecule has 2 heterocycles. The first kappa shape index (κ1) is 11.6. The summed E-state index contributed by atoms with van der Waals surface area (Å²) in [5.41, 5.74) is 0.0673. The molecule has 0 bridgehead atoms. The highest BCUT2D eigenvalue weighted by molar-refractivity contribution is 5.94. The van der Waals surface area contributed by atoms with Gasteiger partial charge in [-0.2, -0.15) is 0 Å². The summed E-state index contributed by atoms with van der Waals surface area (Å²) in [7, 11) is 0. The summed E-state index contributed by atoms with van der Waals surface area (Å²) in [5, 5.41) is 0. The predicted molar refractivity (Wildman–Crippen MR) is 61.7 cm³/mol. The predicted octanol–water partition coefficient (Wildman–Crippen LogP) is 1.71. The molecule has 88 valence electrons. The van der Waals surface area contributed by atoms with E-state index in [4.69, 9.17) is 6.42 Å². The number of hydrogen-bond acceptors (Lipinski definition) is 2. The van der Waals surface area contributed by atoms with E-state index >= 15 is 0 Å². The minimum Gasteiger partial charge on any atom is -0.337 e. The second-order valence-corrected chi connectivity index (χ2v) is 4.11. The third-order valence-electron chi connectivity index (χ3n) is 2.95. The van der Waals surface area contributed by atoms with Gasteiger partial charge in [-0.1, -0.05) is 0 Å². The number of terminal acetylenes is 1. The van der Waals surface area contributed by atoms with Crippen LogP contribution in [0.4, 0.5) is 4.39 Å². The topological polar surface area (TPSA) is 33.2 Å². The van der Waals surface area contributed by atoms with Crippen LogP contribution in [0.5, 0.6) is 0 Å². The molecule has 1 unspecified atom stereocenters. The lowest BCUT2D eigenvalue weighted by Gasteiger charge is -2.30.